The van der Waals surface area contributed by atoms with Crippen LogP contribution in [-0.2, 0) is 19.7 Å². The molecule has 0 atom stereocenters. The van der Waals surface area contributed by atoms with Crippen molar-refractivity contribution < 1.29 is 17.9 Å². The van der Waals surface area contributed by atoms with E-state index in [1.807, 2.05) is 0 Å². The zero-order valence-electron chi connectivity index (χ0n) is 10.4. The van der Waals surface area contributed by atoms with Crippen molar-refractivity contribution in [1.29, 1.82) is 0 Å². The van der Waals surface area contributed by atoms with Gasteiger partial charge in [0.25, 0.3) is 0 Å². The highest BCUT2D eigenvalue weighted by Crippen LogP contribution is 2.12. The molecular weight excluding hydrogens is 260 g/mol. The second-order valence-corrected chi connectivity index (χ2v) is 5.46. The standard InChI is InChI=1S/C9H16N4O4S/c1-7-6-10-11-9(7)12-18(15,16)13(2)5-4-8(14)17-3/h6H,4-5H2,1-3H3,(H2,10,11,12). The van der Waals surface area contributed by atoms with Gasteiger partial charge < -0.3 is 4.74 Å². The van der Waals surface area contributed by atoms with Crippen molar-refractivity contribution in [2.45, 2.75) is 13.3 Å². The van der Waals surface area contributed by atoms with Gasteiger partial charge in [0.1, 0.15) is 5.82 Å². The highest BCUT2D eigenvalue weighted by Gasteiger charge is 2.20. The third-order valence-corrected chi connectivity index (χ3v) is 3.79. The Morgan fingerprint density at radius 3 is 2.78 bits per heavy atom. The molecule has 0 radical (unpaired) electrons. The fraction of sp³-hybridized carbons (Fsp3) is 0.556. The summed E-state index contributed by atoms with van der Waals surface area (Å²) >= 11 is 0. The number of anilines is 1. The first-order chi connectivity index (χ1) is 8.36. The van der Waals surface area contributed by atoms with E-state index in [1.165, 1.54) is 20.4 Å². The molecule has 2 N–H and O–H groups in total. The van der Waals surface area contributed by atoms with Crippen molar-refractivity contribution in [1.82, 2.24) is 14.5 Å². The molecule has 0 aromatic carbocycles. The van der Waals surface area contributed by atoms with E-state index in [0.29, 0.717) is 11.4 Å². The maximum Gasteiger partial charge on any atom is 0.306 e. The lowest BCUT2D eigenvalue weighted by atomic mass is 10.4. The Bertz CT molecular complexity index is 510. The van der Waals surface area contributed by atoms with Gasteiger partial charge in [0.2, 0.25) is 0 Å². The van der Waals surface area contributed by atoms with E-state index in [1.54, 1.807) is 6.92 Å². The van der Waals surface area contributed by atoms with E-state index < -0.39 is 16.2 Å². The molecule has 0 spiro atoms. The third kappa shape index (κ3) is 3.70. The van der Waals surface area contributed by atoms with Crippen LogP contribution in [0.25, 0.3) is 0 Å². The fourth-order valence-corrected chi connectivity index (χ4v) is 2.08. The van der Waals surface area contributed by atoms with Gasteiger partial charge in [-0.15, -0.1) is 0 Å². The summed E-state index contributed by atoms with van der Waals surface area (Å²) in [6.07, 6.45) is 1.50. The van der Waals surface area contributed by atoms with Crippen LogP contribution in [0.5, 0.6) is 0 Å². The number of aromatic nitrogens is 2. The molecule has 0 aliphatic rings. The zero-order chi connectivity index (χ0) is 13.8. The molecular formula is C9H16N4O4S. The van der Waals surface area contributed by atoms with Gasteiger partial charge in [0.05, 0.1) is 19.7 Å². The third-order valence-electron chi connectivity index (χ3n) is 2.33. The molecule has 102 valence electrons. The van der Waals surface area contributed by atoms with E-state index in [4.69, 9.17) is 0 Å². The first-order valence-corrected chi connectivity index (χ1v) is 6.61. The van der Waals surface area contributed by atoms with E-state index in [0.717, 1.165) is 4.31 Å². The Balaban J connectivity index is 2.63. The molecule has 0 saturated carbocycles. The van der Waals surface area contributed by atoms with Gasteiger partial charge in [-0.1, -0.05) is 0 Å². The van der Waals surface area contributed by atoms with Gasteiger partial charge >= 0.3 is 16.2 Å². The van der Waals surface area contributed by atoms with E-state index in [2.05, 4.69) is 19.7 Å². The second kappa shape index (κ2) is 5.83. The minimum Gasteiger partial charge on any atom is -0.469 e. The number of hydrogen-bond acceptors (Lipinski definition) is 5. The highest BCUT2D eigenvalue weighted by molar-refractivity contribution is 7.90. The van der Waals surface area contributed by atoms with Crippen molar-refractivity contribution in [2.24, 2.45) is 0 Å². The number of aryl methyl sites for hydroxylation is 1. The number of methoxy groups -OCH3 is 1. The monoisotopic (exact) mass is 276 g/mol. The van der Waals surface area contributed by atoms with Crippen molar-refractivity contribution in [3.05, 3.63) is 11.8 Å². The lowest BCUT2D eigenvalue weighted by Gasteiger charge is -2.17. The first-order valence-electron chi connectivity index (χ1n) is 5.17. The fourth-order valence-electron chi connectivity index (χ4n) is 1.13. The SMILES string of the molecule is COC(=O)CCN(C)S(=O)(=O)Nc1[nH]ncc1C. The molecule has 9 heteroatoms. The van der Waals surface area contributed by atoms with Crippen molar-refractivity contribution in [3.8, 4) is 0 Å². The molecule has 1 rings (SSSR count). The number of ether oxygens (including phenoxy) is 1. The summed E-state index contributed by atoms with van der Waals surface area (Å²) in [7, 11) is -1.08. The van der Waals surface area contributed by atoms with Crippen LogP contribution >= 0.6 is 0 Å². The number of aromatic amines is 1. The maximum absolute atomic E-state index is 11.9. The quantitative estimate of drug-likeness (QED) is 0.704. The molecule has 0 unspecified atom stereocenters. The normalized spacial score (nSPS) is 11.6. The lowest BCUT2D eigenvalue weighted by molar-refractivity contribution is -0.140. The Morgan fingerprint density at radius 2 is 2.28 bits per heavy atom. The van der Waals surface area contributed by atoms with Crippen LogP contribution in [0.3, 0.4) is 0 Å². The Kier molecular flexibility index (Phi) is 4.68. The summed E-state index contributed by atoms with van der Waals surface area (Å²) in [4.78, 5) is 10.9. The number of carbonyl (C=O) groups excluding carboxylic acids is 1. The van der Waals surface area contributed by atoms with Gasteiger partial charge in [-0.25, -0.2) is 0 Å². The summed E-state index contributed by atoms with van der Waals surface area (Å²) in [5.74, 6) is -0.158. The predicted octanol–water partition coefficient (Wildman–Crippen LogP) is -0.130. The summed E-state index contributed by atoms with van der Waals surface area (Å²) in [6.45, 7) is 1.75. The molecule has 0 saturated heterocycles. The smallest absolute Gasteiger partial charge is 0.306 e. The molecule has 1 aromatic rings. The molecule has 0 fully saturated rings. The molecule has 0 amide bonds. The minimum atomic E-state index is -3.71. The average molecular weight is 276 g/mol. The van der Waals surface area contributed by atoms with Crippen molar-refractivity contribution >= 4 is 22.0 Å². The highest BCUT2D eigenvalue weighted by atomic mass is 32.2. The Morgan fingerprint density at radius 1 is 1.61 bits per heavy atom. The molecule has 1 aromatic heterocycles. The first kappa shape index (κ1) is 14.5. The summed E-state index contributed by atoms with van der Waals surface area (Å²) in [5, 5.41) is 6.24. The minimum absolute atomic E-state index is 0.00410. The number of esters is 1. The molecule has 8 nitrogen and oxygen atoms in total. The molecule has 0 aliphatic carbocycles. The molecule has 0 aliphatic heterocycles. The summed E-state index contributed by atoms with van der Waals surface area (Å²) in [6, 6.07) is 0. The van der Waals surface area contributed by atoms with E-state index in [9.17, 15) is 13.2 Å². The number of hydrogen-bond donors (Lipinski definition) is 2. The molecule has 0 bridgehead atoms. The molecule has 18 heavy (non-hydrogen) atoms. The van der Waals surface area contributed by atoms with Crippen LogP contribution in [0, 0.1) is 6.92 Å². The number of nitrogens with one attached hydrogen (secondary N) is 2. The van der Waals surface area contributed by atoms with Crippen LogP contribution in [-0.4, -0.2) is 49.6 Å². The van der Waals surface area contributed by atoms with E-state index >= 15 is 0 Å². The van der Waals surface area contributed by atoms with Crippen molar-refractivity contribution in [2.75, 3.05) is 25.4 Å². The van der Waals surface area contributed by atoms with Gasteiger partial charge in [0, 0.05) is 19.2 Å². The lowest BCUT2D eigenvalue weighted by Crippen LogP contribution is -2.34. The number of H-pyrrole nitrogens is 1. The zero-order valence-corrected chi connectivity index (χ0v) is 11.2. The second-order valence-electron chi connectivity index (χ2n) is 3.68. The maximum atomic E-state index is 11.9. The van der Waals surface area contributed by atoms with Crippen LogP contribution < -0.4 is 4.72 Å². The number of nitrogens with zero attached hydrogens (tertiary/aromatic N) is 2. The van der Waals surface area contributed by atoms with Crippen LogP contribution in [0.1, 0.15) is 12.0 Å². The largest absolute Gasteiger partial charge is 0.469 e. The number of rotatable bonds is 6. The van der Waals surface area contributed by atoms with Gasteiger partial charge in [-0.05, 0) is 6.92 Å². The average Bonchev–Trinajstić information content (AvgIpc) is 2.70. The Hall–Kier alpha value is -1.61. The van der Waals surface area contributed by atoms with Crippen molar-refractivity contribution in [3.63, 3.8) is 0 Å². The van der Waals surface area contributed by atoms with Gasteiger partial charge in [-0.3, -0.25) is 14.6 Å². The van der Waals surface area contributed by atoms with Crippen LogP contribution in [0.4, 0.5) is 5.82 Å². The molecule has 1 heterocycles. The van der Waals surface area contributed by atoms with Gasteiger partial charge in [-0.2, -0.15) is 17.8 Å². The summed E-state index contributed by atoms with van der Waals surface area (Å²) in [5.41, 5.74) is 0.681. The summed E-state index contributed by atoms with van der Waals surface area (Å²) < 4.78 is 31.5. The van der Waals surface area contributed by atoms with Crippen LogP contribution in [0.2, 0.25) is 0 Å². The number of carbonyl (C=O) groups is 1. The predicted molar refractivity (Wildman–Crippen MR) is 65.1 cm³/mol. The van der Waals surface area contributed by atoms with Crippen LogP contribution in [0.15, 0.2) is 6.20 Å². The van der Waals surface area contributed by atoms with Gasteiger partial charge in [0.15, 0.2) is 0 Å². The topological polar surface area (TPSA) is 104 Å². The Labute approximate surface area is 105 Å². The van der Waals surface area contributed by atoms with E-state index in [-0.39, 0.29) is 13.0 Å².